The lowest BCUT2D eigenvalue weighted by molar-refractivity contribution is -0.386. The van der Waals surface area contributed by atoms with Crippen molar-refractivity contribution in [3.63, 3.8) is 0 Å². The van der Waals surface area contributed by atoms with E-state index in [0.29, 0.717) is 12.0 Å². The van der Waals surface area contributed by atoms with Crippen LogP contribution in [0.1, 0.15) is 19.4 Å². The molecule has 15 heavy (non-hydrogen) atoms. The highest BCUT2D eigenvalue weighted by Crippen LogP contribution is 2.43. The minimum Gasteiger partial charge on any atom is -0.508 e. The van der Waals surface area contributed by atoms with Crippen LogP contribution in [0.3, 0.4) is 0 Å². The van der Waals surface area contributed by atoms with Gasteiger partial charge in [0.1, 0.15) is 11.4 Å². The summed E-state index contributed by atoms with van der Waals surface area (Å²) in [6.07, 6.45) is 0.567. The van der Waals surface area contributed by atoms with E-state index in [1.165, 1.54) is 6.07 Å². The molecule has 0 aliphatic carbocycles. The number of nitro groups is 1. The molecule has 0 radical (unpaired) electrons. The first kappa shape index (κ1) is 9.76. The Labute approximate surface area is 86.4 Å². The summed E-state index contributed by atoms with van der Waals surface area (Å²) in [5.41, 5.74) is 0.0724. The van der Waals surface area contributed by atoms with Crippen molar-refractivity contribution >= 4 is 5.69 Å². The van der Waals surface area contributed by atoms with Crippen LogP contribution in [-0.4, -0.2) is 15.6 Å². The molecule has 2 rings (SSSR count). The van der Waals surface area contributed by atoms with Crippen molar-refractivity contribution in [3.05, 3.63) is 27.8 Å². The van der Waals surface area contributed by atoms with Gasteiger partial charge in [-0.25, -0.2) is 0 Å². The summed E-state index contributed by atoms with van der Waals surface area (Å²) in [6, 6.07) is 2.62. The van der Waals surface area contributed by atoms with Crippen molar-refractivity contribution in [1.29, 1.82) is 0 Å². The summed E-state index contributed by atoms with van der Waals surface area (Å²) in [7, 11) is 0. The lowest BCUT2D eigenvalue weighted by Crippen LogP contribution is -2.24. The molecule has 1 aliphatic rings. The highest BCUT2D eigenvalue weighted by molar-refractivity contribution is 5.58. The molecule has 1 aromatic carbocycles. The molecular weight excluding hydrogens is 198 g/mol. The van der Waals surface area contributed by atoms with Gasteiger partial charge in [0, 0.05) is 12.0 Å². The molecule has 1 N–H and O–H groups in total. The molecule has 1 aliphatic heterocycles. The van der Waals surface area contributed by atoms with E-state index in [0.717, 1.165) is 6.07 Å². The molecule has 80 valence electrons. The first-order valence-corrected chi connectivity index (χ1v) is 4.58. The van der Waals surface area contributed by atoms with Crippen molar-refractivity contribution in [2.24, 2.45) is 0 Å². The van der Waals surface area contributed by atoms with Crippen LogP contribution in [0.25, 0.3) is 0 Å². The van der Waals surface area contributed by atoms with E-state index in [1.54, 1.807) is 0 Å². The maximum absolute atomic E-state index is 10.7. The molecule has 1 heterocycles. The van der Waals surface area contributed by atoms with Crippen LogP contribution < -0.4 is 4.74 Å². The van der Waals surface area contributed by atoms with E-state index in [9.17, 15) is 15.2 Å². The van der Waals surface area contributed by atoms with E-state index >= 15 is 0 Å². The van der Waals surface area contributed by atoms with Crippen LogP contribution in [0.5, 0.6) is 11.5 Å². The van der Waals surface area contributed by atoms with Crippen LogP contribution in [0.4, 0.5) is 5.69 Å². The van der Waals surface area contributed by atoms with Crippen LogP contribution in [0.2, 0.25) is 0 Å². The smallest absolute Gasteiger partial charge is 0.314 e. The van der Waals surface area contributed by atoms with E-state index in [-0.39, 0.29) is 17.2 Å². The number of rotatable bonds is 1. The van der Waals surface area contributed by atoms with E-state index in [1.807, 2.05) is 13.8 Å². The normalized spacial score (nSPS) is 16.9. The topological polar surface area (TPSA) is 72.6 Å². The molecule has 0 fully saturated rings. The summed E-state index contributed by atoms with van der Waals surface area (Å²) in [4.78, 5) is 10.2. The number of phenols is 1. The van der Waals surface area contributed by atoms with Gasteiger partial charge in [-0.2, -0.15) is 0 Å². The first-order chi connectivity index (χ1) is 6.89. The van der Waals surface area contributed by atoms with Gasteiger partial charge >= 0.3 is 5.69 Å². The number of fused-ring (bicyclic) bond motifs is 1. The number of hydrogen-bond acceptors (Lipinski definition) is 4. The first-order valence-electron chi connectivity index (χ1n) is 4.58. The van der Waals surface area contributed by atoms with E-state index < -0.39 is 10.5 Å². The van der Waals surface area contributed by atoms with Crippen LogP contribution >= 0.6 is 0 Å². The highest BCUT2D eigenvalue weighted by atomic mass is 16.6. The quantitative estimate of drug-likeness (QED) is 0.567. The maximum atomic E-state index is 10.7. The average molecular weight is 209 g/mol. The van der Waals surface area contributed by atoms with Crippen LogP contribution in [0.15, 0.2) is 12.1 Å². The summed E-state index contributed by atoms with van der Waals surface area (Å²) < 4.78 is 5.49. The zero-order valence-corrected chi connectivity index (χ0v) is 8.48. The molecule has 5 nitrogen and oxygen atoms in total. The molecule has 0 aromatic heterocycles. The van der Waals surface area contributed by atoms with Gasteiger partial charge in [-0.1, -0.05) is 0 Å². The molecule has 5 heteroatoms. The Balaban J connectivity index is 2.58. The zero-order valence-electron chi connectivity index (χ0n) is 8.48. The third-order valence-corrected chi connectivity index (χ3v) is 2.32. The lowest BCUT2D eigenvalue weighted by Gasteiger charge is -2.16. The summed E-state index contributed by atoms with van der Waals surface area (Å²) in [5, 5.41) is 20.1. The van der Waals surface area contributed by atoms with Crippen molar-refractivity contribution in [1.82, 2.24) is 0 Å². The van der Waals surface area contributed by atoms with Crippen molar-refractivity contribution in [3.8, 4) is 11.5 Å². The standard InChI is InChI=1S/C10H11NO4/c1-10(2)5-6-3-7(12)4-8(11(13)14)9(6)15-10/h3-4,12H,5H2,1-2H3. The Morgan fingerprint density at radius 1 is 1.53 bits per heavy atom. The SMILES string of the molecule is CC1(C)Cc2cc(O)cc([N+](=O)[O-])c2O1. The van der Waals surface area contributed by atoms with Crippen molar-refractivity contribution < 1.29 is 14.8 Å². The predicted molar refractivity (Wildman–Crippen MR) is 53.2 cm³/mol. The average Bonchev–Trinajstić information content (AvgIpc) is 2.36. The molecule has 0 bridgehead atoms. The Morgan fingerprint density at radius 2 is 2.20 bits per heavy atom. The third kappa shape index (κ3) is 1.60. The van der Waals surface area contributed by atoms with E-state index in [4.69, 9.17) is 4.74 Å². The molecule has 0 unspecified atom stereocenters. The molecule has 0 amide bonds. The number of benzene rings is 1. The molecule has 0 spiro atoms. The Hall–Kier alpha value is -1.78. The minimum atomic E-state index is -0.542. The molecule has 0 saturated heterocycles. The van der Waals surface area contributed by atoms with E-state index in [2.05, 4.69) is 0 Å². The zero-order chi connectivity index (χ0) is 11.2. The summed E-state index contributed by atoms with van der Waals surface area (Å²) in [5.74, 6) is 0.185. The monoisotopic (exact) mass is 209 g/mol. The van der Waals surface area contributed by atoms with Gasteiger partial charge < -0.3 is 9.84 Å². The predicted octanol–water partition coefficient (Wildman–Crippen LogP) is 2.01. The molecule has 0 saturated carbocycles. The second-order valence-electron chi connectivity index (χ2n) is 4.25. The van der Waals surface area contributed by atoms with Gasteiger partial charge in [0.15, 0.2) is 0 Å². The Kier molecular flexibility index (Phi) is 1.86. The second-order valence-corrected chi connectivity index (χ2v) is 4.25. The second kappa shape index (κ2) is 2.85. The number of nitrogens with zero attached hydrogens (tertiary/aromatic N) is 1. The van der Waals surface area contributed by atoms with Crippen molar-refractivity contribution in [2.75, 3.05) is 0 Å². The number of phenolic OH excluding ortho intramolecular Hbond substituents is 1. The fourth-order valence-electron chi connectivity index (χ4n) is 1.81. The van der Waals surface area contributed by atoms with Gasteiger partial charge in [0.25, 0.3) is 0 Å². The summed E-state index contributed by atoms with van der Waals surface area (Å²) >= 11 is 0. The highest BCUT2D eigenvalue weighted by Gasteiger charge is 2.36. The van der Waals surface area contributed by atoms with Gasteiger partial charge in [-0.3, -0.25) is 10.1 Å². The van der Waals surface area contributed by atoms with Gasteiger partial charge in [0.2, 0.25) is 5.75 Å². The number of nitro benzene ring substituents is 1. The fourth-order valence-corrected chi connectivity index (χ4v) is 1.81. The third-order valence-electron chi connectivity index (χ3n) is 2.32. The number of hydrogen-bond donors (Lipinski definition) is 1. The van der Waals surface area contributed by atoms with Gasteiger partial charge in [0.05, 0.1) is 11.0 Å². The largest absolute Gasteiger partial charge is 0.508 e. The Bertz CT molecular complexity index is 439. The Morgan fingerprint density at radius 3 is 2.80 bits per heavy atom. The maximum Gasteiger partial charge on any atom is 0.314 e. The van der Waals surface area contributed by atoms with Crippen LogP contribution in [0, 0.1) is 10.1 Å². The molecular formula is C10H11NO4. The lowest BCUT2D eigenvalue weighted by atomic mass is 10.0. The minimum absolute atomic E-state index is 0.0956. The fraction of sp³-hybridized carbons (Fsp3) is 0.400. The van der Waals surface area contributed by atoms with Crippen LogP contribution in [-0.2, 0) is 6.42 Å². The molecule has 0 atom stereocenters. The summed E-state index contributed by atoms with van der Waals surface area (Å²) in [6.45, 7) is 3.71. The van der Waals surface area contributed by atoms with Gasteiger partial charge in [-0.15, -0.1) is 0 Å². The number of aromatic hydroxyl groups is 1. The van der Waals surface area contributed by atoms with Gasteiger partial charge in [-0.05, 0) is 19.9 Å². The number of ether oxygens (including phenoxy) is 1. The molecule has 1 aromatic rings. The van der Waals surface area contributed by atoms with Crippen molar-refractivity contribution in [2.45, 2.75) is 25.9 Å².